The number of alkyl halides is 3. The van der Waals surface area contributed by atoms with E-state index < -0.39 is 24.2 Å². The van der Waals surface area contributed by atoms with Gasteiger partial charge in [0.25, 0.3) is 11.5 Å². The second kappa shape index (κ2) is 7.36. The molecular formula is C17H12F3N3O4. The van der Waals surface area contributed by atoms with Crippen molar-refractivity contribution in [3.8, 4) is 17.3 Å². The van der Waals surface area contributed by atoms with Crippen LogP contribution in [-0.4, -0.2) is 28.7 Å². The van der Waals surface area contributed by atoms with Crippen molar-refractivity contribution in [1.82, 2.24) is 9.97 Å². The molecule has 0 unspecified atom stereocenters. The molecule has 10 heteroatoms. The molecule has 0 saturated carbocycles. The van der Waals surface area contributed by atoms with Crippen LogP contribution in [0, 0.1) is 0 Å². The Morgan fingerprint density at radius 1 is 1.22 bits per heavy atom. The molecule has 3 aromatic heterocycles. The van der Waals surface area contributed by atoms with Gasteiger partial charge in [-0.1, -0.05) is 0 Å². The fourth-order valence-corrected chi connectivity index (χ4v) is 2.12. The summed E-state index contributed by atoms with van der Waals surface area (Å²) in [6.07, 6.45) is -1.91. The highest BCUT2D eigenvalue weighted by atomic mass is 19.4. The smallest absolute Gasteiger partial charge is 0.422 e. The monoisotopic (exact) mass is 379 g/mol. The first kappa shape index (κ1) is 18.2. The minimum Gasteiger partial charge on any atom is -0.468 e. The van der Waals surface area contributed by atoms with Crippen molar-refractivity contribution in [2.45, 2.75) is 6.18 Å². The molecule has 3 rings (SSSR count). The minimum absolute atomic E-state index is 0.150. The lowest BCUT2D eigenvalue weighted by Crippen LogP contribution is -2.23. The number of rotatable bonds is 5. The number of aromatic amines is 1. The molecule has 0 fully saturated rings. The molecule has 140 valence electrons. The number of carbonyl (C=O) groups excluding carboxylic acids is 1. The van der Waals surface area contributed by atoms with Crippen LogP contribution in [0.15, 0.2) is 58.1 Å². The quantitative estimate of drug-likeness (QED) is 0.709. The van der Waals surface area contributed by atoms with E-state index in [2.05, 4.69) is 20.0 Å². The highest BCUT2D eigenvalue weighted by Crippen LogP contribution is 2.19. The van der Waals surface area contributed by atoms with Gasteiger partial charge in [0.1, 0.15) is 11.3 Å². The van der Waals surface area contributed by atoms with Gasteiger partial charge in [-0.3, -0.25) is 9.59 Å². The van der Waals surface area contributed by atoms with E-state index in [1.54, 1.807) is 12.1 Å². The molecule has 0 aliphatic carbocycles. The molecule has 0 saturated heterocycles. The SMILES string of the molecule is O=C(Nc1ccc(OCC(F)(F)F)nc1)c1ccc(-c2ccco2)[nH]c1=O. The van der Waals surface area contributed by atoms with E-state index in [0.717, 1.165) is 6.20 Å². The number of pyridine rings is 2. The Hall–Kier alpha value is -3.56. The first-order chi connectivity index (χ1) is 12.8. The standard InChI is InChI=1S/C17H12F3N3O4/c18-17(19,20)9-27-14-6-3-10(8-21-14)22-15(24)11-4-5-12(23-16(11)25)13-2-1-7-26-13/h1-8H,9H2,(H,22,24)(H,23,25). The lowest BCUT2D eigenvalue weighted by molar-refractivity contribution is -0.154. The van der Waals surface area contributed by atoms with Crippen LogP contribution in [0.4, 0.5) is 18.9 Å². The molecule has 3 aromatic rings. The van der Waals surface area contributed by atoms with E-state index in [-0.39, 0.29) is 17.1 Å². The van der Waals surface area contributed by atoms with Crippen LogP contribution in [0.1, 0.15) is 10.4 Å². The highest BCUT2D eigenvalue weighted by molar-refractivity contribution is 6.04. The summed E-state index contributed by atoms with van der Waals surface area (Å²) >= 11 is 0. The third kappa shape index (κ3) is 4.75. The Labute approximate surface area is 149 Å². The maximum Gasteiger partial charge on any atom is 0.422 e. The summed E-state index contributed by atoms with van der Waals surface area (Å²) in [6, 6.07) is 8.64. The van der Waals surface area contributed by atoms with Gasteiger partial charge in [0, 0.05) is 6.07 Å². The van der Waals surface area contributed by atoms with Crippen LogP contribution >= 0.6 is 0 Å². The topological polar surface area (TPSA) is 97.2 Å². The maximum atomic E-state index is 12.2. The van der Waals surface area contributed by atoms with E-state index in [1.165, 1.54) is 30.5 Å². The van der Waals surface area contributed by atoms with Gasteiger partial charge >= 0.3 is 6.18 Å². The number of furan rings is 1. The van der Waals surface area contributed by atoms with Crippen LogP contribution in [0.2, 0.25) is 0 Å². The molecule has 1 amide bonds. The van der Waals surface area contributed by atoms with E-state index in [0.29, 0.717) is 11.5 Å². The normalized spacial score (nSPS) is 11.2. The predicted octanol–water partition coefficient (Wildman–Crippen LogP) is 3.22. The fourth-order valence-electron chi connectivity index (χ4n) is 2.12. The third-order valence-electron chi connectivity index (χ3n) is 3.32. The average Bonchev–Trinajstić information content (AvgIpc) is 3.15. The Balaban J connectivity index is 1.67. The Morgan fingerprint density at radius 3 is 2.63 bits per heavy atom. The van der Waals surface area contributed by atoms with Gasteiger partial charge in [-0.05, 0) is 30.3 Å². The van der Waals surface area contributed by atoms with Crippen molar-refractivity contribution >= 4 is 11.6 Å². The van der Waals surface area contributed by atoms with Crippen molar-refractivity contribution in [1.29, 1.82) is 0 Å². The van der Waals surface area contributed by atoms with Crippen LogP contribution in [0.3, 0.4) is 0 Å². The molecule has 0 aliphatic heterocycles. The van der Waals surface area contributed by atoms with E-state index in [1.807, 2.05) is 0 Å². The second-order valence-electron chi connectivity index (χ2n) is 5.34. The number of carbonyl (C=O) groups is 1. The molecule has 0 aromatic carbocycles. The van der Waals surface area contributed by atoms with Crippen molar-refractivity contribution in [3.63, 3.8) is 0 Å². The number of hydrogen-bond acceptors (Lipinski definition) is 5. The molecule has 7 nitrogen and oxygen atoms in total. The zero-order valence-corrected chi connectivity index (χ0v) is 13.5. The number of halogens is 3. The lowest BCUT2D eigenvalue weighted by Gasteiger charge is -2.09. The Bertz CT molecular complexity index is 980. The highest BCUT2D eigenvalue weighted by Gasteiger charge is 2.28. The number of nitrogens with one attached hydrogen (secondary N) is 2. The van der Waals surface area contributed by atoms with Gasteiger partial charge in [-0.15, -0.1) is 0 Å². The van der Waals surface area contributed by atoms with Gasteiger partial charge < -0.3 is 19.5 Å². The van der Waals surface area contributed by atoms with Crippen LogP contribution in [0.5, 0.6) is 5.88 Å². The Kier molecular flexibility index (Phi) is 4.97. The van der Waals surface area contributed by atoms with Crippen molar-refractivity contribution < 1.29 is 27.1 Å². The number of nitrogens with zero attached hydrogens (tertiary/aromatic N) is 1. The van der Waals surface area contributed by atoms with Gasteiger partial charge in [0.05, 0.1) is 23.8 Å². The number of ether oxygens (including phenoxy) is 1. The predicted molar refractivity (Wildman–Crippen MR) is 88.5 cm³/mol. The summed E-state index contributed by atoms with van der Waals surface area (Å²) in [5.41, 5.74) is -0.176. The van der Waals surface area contributed by atoms with Gasteiger partial charge in [0.15, 0.2) is 6.61 Å². The summed E-state index contributed by atoms with van der Waals surface area (Å²) < 4.78 is 45.9. The molecule has 0 bridgehead atoms. The van der Waals surface area contributed by atoms with Gasteiger partial charge in [0.2, 0.25) is 5.88 Å². The molecular weight excluding hydrogens is 367 g/mol. The lowest BCUT2D eigenvalue weighted by atomic mass is 10.2. The first-order valence-corrected chi connectivity index (χ1v) is 7.56. The summed E-state index contributed by atoms with van der Waals surface area (Å²) in [6.45, 7) is -1.47. The zero-order chi connectivity index (χ0) is 19.4. The largest absolute Gasteiger partial charge is 0.468 e. The molecule has 27 heavy (non-hydrogen) atoms. The van der Waals surface area contributed by atoms with Crippen molar-refractivity contribution in [2.24, 2.45) is 0 Å². The third-order valence-corrected chi connectivity index (χ3v) is 3.32. The van der Waals surface area contributed by atoms with E-state index in [9.17, 15) is 22.8 Å². The van der Waals surface area contributed by atoms with E-state index >= 15 is 0 Å². The molecule has 2 N–H and O–H groups in total. The Morgan fingerprint density at radius 2 is 2.04 bits per heavy atom. The molecule has 0 aliphatic rings. The number of hydrogen-bond donors (Lipinski definition) is 2. The first-order valence-electron chi connectivity index (χ1n) is 7.56. The van der Waals surface area contributed by atoms with Gasteiger partial charge in [-0.2, -0.15) is 13.2 Å². The second-order valence-corrected chi connectivity index (χ2v) is 5.34. The van der Waals surface area contributed by atoms with E-state index in [4.69, 9.17) is 4.42 Å². The minimum atomic E-state index is -4.47. The van der Waals surface area contributed by atoms with Crippen LogP contribution in [-0.2, 0) is 0 Å². The summed E-state index contributed by atoms with van der Waals surface area (Å²) in [4.78, 5) is 30.5. The zero-order valence-electron chi connectivity index (χ0n) is 13.5. The molecule has 0 spiro atoms. The maximum absolute atomic E-state index is 12.2. The molecule has 0 atom stereocenters. The van der Waals surface area contributed by atoms with Crippen LogP contribution < -0.4 is 15.6 Å². The molecule has 3 heterocycles. The summed E-state index contributed by atoms with van der Waals surface area (Å²) in [7, 11) is 0. The number of H-pyrrole nitrogens is 1. The van der Waals surface area contributed by atoms with Crippen LogP contribution in [0.25, 0.3) is 11.5 Å². The van der Waals surface area contributed by atoms with Gasteiger partial charge in [-0.25, -0.2) is 4.98 Å². The summed E-state index contributed by atoms with van der Waals surface area (Å²) in [5, 5.41) is 2.43. The number of anilines is 1. The number of aromatic nitrogens is 2. The fraction of sp³-hybridized carbons (Fsp3) is 0.118. The summed E-state index contributed by atoms with van der Waals surface area (Å²) in [5.74, 6) is -0.503. The number of amides is 1. The molecule has 0 radical (unpaired) electrons. The van der Waals surface area contributed by atoms with Crippen molar-refractivity contribution in [2.75, 3.05) is 11.9 Å². The van der Waals surface area contributed by atoms with Crippen molar-refractivity contribution in [3.05, 3.63) is 64.8 Å². The average molecular weight is 379 g/mol.